The molecule has 0 amide bonds. The highest BCUT2D eigenvalue weighted by atomic mass is 15.1. The van der Waals surface area contributed by atoms with Gasteiger partial charge in [0.15, 0.2) is 0 Å². The number of hydrogen-bond donors (Lipinski definition) is 2. The molecule has 80 valence electrons. The van der Waals surface area contributed by atoms with E-state index < -0.39 is 0 Å². The Balaban J connectivity index is 1.83. The Bertz CT molecular complexity index is 210. The number of piperazine rings is 1. The van der Waals surface area contributed by atoms with Crippen molar-refractivity contribution in [2.24, 2.45) is 0 Å². The molecule has 0 radical (unpaired) electrons. The molecule has 2 N–H and O–H groups in total. The summed E-state index contributed by atoms with van der Waals surface area (Å²) in [6.45, 7) is 4.55. The summed E-state index contributed by atoms with van der Waals surface area (Å²) < 4.78 is 0. The molecule has 2 nitrogen and oxygen atoms in total. The van der Waals surface area contributed by atoms with Gasteiger partial charge in [-0.3, -0.25) is 0 Å². The minimum Gasteiger partial charge on any atom is -0.313 e. The number of rotatable bonds is 4. The molecule has 0 aliphatic carbocycles. The number of nitrogens with one attached hydrogen (secondary N) is 2. The molecule has 2 rings (SSSR count). The quantitative estimate of drug-likeness (QED) is 0.527. The van der Waals surface area contributed by atoms with E-state index in [9.17, 15) is 0 Å². The van der Waals surface area contributed by atoms with Crippen LogP contribution >= 0.6 is 0 Å². The van der Waals surface area contributed by atoms with Gasteiger partial charge >= 0.3 is 0 Å². The maximum absolute atomic E-state index is 3.63. The first-order valence-electron chi connectivity index (χ1n) is 6.05. The van der Waals surface area contributed by atoms with E-state index in [-0.39, 0.29) is 0 Å². The van der Waals surface area contributed by atoms with Gasteiger partial charge in [-0.2, -0.15) is 0 Å². The van der Waals surface area contributed by atoms with Crippen molar-refractivity contribution < 1.29 is 0 Å². The first kappa shape index (κ1) is 10.2. The predicted molar refractivity (Wildman–Crippen MR) is 60.4 cm³/mol. The third-order valence-corrected chi connectivity index (χ3v) is 3.25. The zero-order valence-corrected chi connectivity index (χ0v) is 9.18. The minimum atomic E-state index is 0.610. The van der Waals surface area contributed by atoms with Gasteiger partial charge in [-0.1, -0.05) is 31.4 Å². The Morgan fingerprint density at radius 2 is 2.29 bits per heavy atom. The molecule has 2 aliphatic heterocycles. The van der Waals surface area contributed by atoms with Gasteiger partial charge in [0.1, 0.15) is 0 Å². The fourth-order valence-electron chi connectivity index (χ4n) is 2.53. The van der Waals surface area contributed by atoms with Gasteiger partial charge in [0, 0.05) is 25.2 Å². The predicted octanol–water partition coefficient (Wildman–Crippen LogP) is 1.83. The number of hydrogen-bond acceptors (Lipinski definition) is 2. The third kappa shape index (κ3) is 2.58. The van der Waals surface area contributed by atoms with E-state index in [2.05, 4.69) is 23.6 Å². The summed E-state index contributed by atoms with van der Waals surface area (Å²) >= 11 is 0. The highest BCUT2D eigenvalue weighted by molar-refractivity contribution is 5.16. The molecule has 2 heteroatoms. The SMILES string of the molecule is CCCCCC1=CC2CNCC(C1)N2. The molecule has 1 saturated heterocycles. The van der Waals surface area contributed by atoms with E-state index in [0.717, 1.165) is 13.1 Å². The second kappa shape index (κ2) is 4.94. The summed E-state index contributed by atoms with van der Waals surface area (Å²) in [6.07, 6.45) is 9.17. The second-order valence-electron chi connectivity index (χ2n) is 4.61. The molecule has 14 heavy (non-hydrogen) atoms. The number of fused-ring (bicyclic) bond motifs is 2. The molecule has 2 aliphatic rings. The molecular weight excluding hydrogens is 172 g/mol. The van der Waals surface area contributed by atoms with Crippen LogP contribution in [0.3, 0.4) is 0 Å². The van der Waals surface area contributed by atoms with Crippen molar-refractivity contribution in [2.75, 3.05) is 13.1 Å². The molecule has 0 spiro atoms. The van der Waals surface area contributed by atoms with Crippen molar-refractivity contribution in [3.8, 4) is 0 Å². The molecule has 0 aromatic heterocycles. The summed E-state index contributed by atoms with van der Waals surface area (Å²) in [6, 6.07) is 1.31. The standard InChI is InChI=1S/C12H22N2/c1-2-3-4-5-10-6-11-8-13-9-12(7-10)14-11/h6,11-14H,2-5,7-9H2,1H3. The van der Waals surface area contributed by atoms with Crippen LogP contribution in [0.15, 0.2) is 11.6 Å². The van der Waals surface area contributed by atoms with Crippen LogP contribution in [0, 0.1) is 0 Å². The van der Waals surface area contributed by atoms with Crippen molar-refractivity contribution in [1.82, 2.24) is 10.6 Å². The fourth-order valence-corrected chi connectivity index (χ4v) is 2.53. The second-order valence-corrected chi connectivity index (χ2v) is 4.61. The van der Waals surface area contributed by atoms with Gasteiger partial charge < -0.3 is 10.6 Å². The summed E-state index contributed by atoms with van der Waals surface area (Å²) in [7, 11) is 0. The van der Waals surface area contributed by atoms with Crippen molar-refractivity contribution in [1.29, 1.82) is 0 Å². The van der Waals surface area contributed by atoms with Crippen molar-refractivity contribution in [3.05, 3.63) is 11.6 Å². The van der Waals surface area contributed by atoms with E-state index in [1.165, 1.54) is 32.1 Å². The van der Waals surface area contributed by atoms with Gasteiger partial charge in [0.25, 0.3) is 0 Å². The lowest BCUT2D eigenvalue weighted by molar-refractivity contribution is 0.349. The number of unbranched alkanes of at least 4 members (excludes halogenated alkanes) is 2. The largest absolute Gasteiger partial charge is 0.313 e. The average molecular weight is 194 g/mol. The molecule has 2 atom stereocenters. The highest BCUT2D eigenvalue weighted by Gasteiger charge is 2.24. The Hall–Kier alpha value is -0.340. The Kier molecular flexibility index (Phi) is 3.60. The first-order chi connectivity index (χ1) is 6.88. The normalized spacial score (nSPS) is 31.4. The van der Waals surface area contributed by atoms with Crippen molar-refractivity contribution >= 4 is 0 Å². The smallest absolute Gasteiger partial charge is 0.0381 e. The zero-order valence-electron chi connectivity index (χ0n) is 9.18. The summed E-state index contributed by atoms with van der Waals surface area (Å²) in [5.41, 5.74) is 1.70. The summed E-state index contributed by atoms with van der Waals surface area (Å²) in [5.74, 6) is 0. The van der Waals surface area contributed by atoms with Gasteiger partial charge in [-0.05, 0) is 19.3 Å². The topological polar surface area (TPSA) is 24.1 Å². The molecule has 2 unspecified atom stereocenters. The van der Waals surface area contributed by atoms with E-state index >= 15 is 0 Å². The van der Waals surface area contributed by atoms with Crippen LogP contribution < -0.4 is 10.6 Å². The van der Waals surface area contributed by atoms with Crippen LogP contribution in [0.4, 0.5) is 0 Å². The molecule has 2 bridgehead atoms. The van der Waals surface area contributed by atoms with Crippen molar-refractivity contribution in [3.63, 3.8) is 0 Å². The third-order valence-electron chi connectivity index (χ3n) is 3.25. The monoisotopic (exact) mass is 194 g/mol. The lowest BCUT2D eigenvalue weighted by atomic mass is 9.92. The Labute approximate surface area is 87.2 Å². The van der Waals surface area contributed by atoms with Crippen LogP contribution in [0.1, 0.15) is 39.0 Å². The van der Waals surface area contributed by atoms with Gasteiger partial charge in [0.05, 0.1) is 0 Å². The zero-order chi connectivity index (χ0) is 9.80. The Morgan fingerprint density at radius 1 is 1.36 bits per heavy atom. The minimum absolute atomic E-state index is 0.610. The highest BCUT2D eigenvalue weighted by Crippen LogP contribution is 2.21. The van der Waals surface area contributed by atoms with E-state index in [4.69, 9.17) is 0 Å². The molecule has 0 aromatic rings. The Morgan fingerprint density at radius 3 is 3.07 bits per heavy atom. The van der Waals surface area contributed by atoms with Crippen LogP contribution in [0.2, 0.25) is 0 Å². The van der Waals surface area contributed by atoms with E-state index in [1.807, 2.05) is 0 Å². The van der Waals surface area contributed by atoms with Crippen LogP contribution in [-0.4, -0.2) is 25.2 Å². The van der Waals surface area contributed by atoms with Crippen LogP contribution in [0.5, 0.6) is 0 Å². The lowest BCUT2D eigenvalue weighted by Gasteiger charge is -2.35. The van der Waals surface area contributed by atoms with Gasteiger partial charge in [-0.25, -0.2) is 0 Å². The van der Waals surface area contributed by atoms with Gasteiger partial charge in [-0.15, -0.1) is 0 Å². The molecule has 1 fully saturated rings. The van der Waals surface area contributed by atoms with Crippen LogP contribution in [-0.2, 0) is 0 Å². The molecule has 2 heterocycles. The van der Waals surface area contributed by atoms with E-state index in [1.54, 1.807) is 5.57 Å². The summed E-state index contributed by atoms with van der Waals surface area (Å²) in [5, 5.41) is 7.10. The van der Waals surface area contributed by atoms with E-state index in [0.29, 0.717) is 12.1 Å². The van der Waals surface area contributed by atoms with Crippen LogP contribution in [0.25, 0.3) is 0 Å². The first-order valence-corrected chi connectivity index (χ1v) is 6.05. The maximum Gasteiger partial charge on any atom is 0.0381 e. The maximum atomic E-state index is 3.63. The summed E-state index contributed by atoms with van der Waals surface area (Å²) in [4.78, 5) is 0. The molecule has 0 saturated carbocycles. The molecule has 0 aromatic carbocycles. The lowest BCUT2D eigenvalue weighted by Crippen LogP contribution is -2.56. The van der Waals surface area contributed by atoms with Gasteiger partial charge in [0.2, 0.25) is 0 Å². The molecular formula is C12H22N2. The van der Waals surface area contributed by atoms with Crippen molar-refractivity contribution in [2.45, 2.75) is 51.1 Å². The fraction of sp³-hybridized carbons (Fsp3) is 0.833. The average Bonchev–Trinajstić information content (AvgIpc) is 2.18.